The largest absolute Gasteiger partial charge is 0.379 e. The molecule has 7 heteroatoms. The minimum atomic E-state index is -0.0636. The lowest BCUT2D eigenvalue weighted by molar-refractivity contribution is -0.00925. The number of ether oxygens (including phenoxy) is 1. The minimum Gasteiger partial charge on any atom is -0.379 e. The average molecular weight is 353 g/mol. The van der Waals surface area contributed by atoms with Crippen LogP contribution in [0, 0.1) is 0 Å². The van der Waals surface area contributed by atoms with Crippen molar-refractivity contribution < 1.29 is 9.53 Å². The summed E-state index contributed by atoms with van der Waals surface area (Å²) in [7, 11) is 0. The number of likely N-dealkylation sites (tertiary alicyclic amines) is 1. The molecule has 2 amide bonds. The van der Waals surface area contributed by atoms with Crippen LogP contribution in [0.25, 0.3) is 0 Å². The second-order valence-electron chi connectivity index (χ2n) is 7.15. The first-order valence-electron chi connectivity index (χ1n) is 8.84. The average Bonchev–Trinajstić information content (AvgIpc) is 3.15. The van der Waals surface area contributed by atoms with Crippen LogP contribution in [0.2, 0.25) is 0 Å². The van der Waals surface area contributed by atoms with Gasteiger partial charge < -0.3 is 15.0 Å². The first-order valence-corrected chi connectivity index (χ1v) is 9.72. The molecule has 1 unspecified atom stereocenters. The van der Waals surface area contributed by atoms with Gasteiger partial charge in [-0.05, 0) is 33.1 Å². The van der Waals surface area contributed by atoms with E-state index in [-0.39, 0.29) is 17.6 Å². The minimum absolute atomic E-state index is 0.0382. The number of hydrogen-bond donors (Lipinski definition) is 1. The smallest absolute Gasteiger partial charge is 0.318 e. The third kappa shape index (κ3) is 4.07. The van der Waals surface area contributed by atoms with Gasteiger partial charge in [0.25, 0.3) is 0 Å². The van der Waals surface area contributed by atoms with E-state index in [0.717, 1.165) is 57.1 Å². The predicted molar refractivity (Wildman–Crippen MR) is 95.3 cm³/mol. The van der Waals surface area contributed by atoms with Gasteiger partial charge in [0.2, 0.25) is 0 Å². The summed E-state index contributed by atoms with van der Waals surface area (Å²) < 4.78 is 5.43. The Morgan fingerprint density at radius 2 is 2.17 bits per heavy atom. The van der Waals surface area contributed by atoms with E-state index in [4.69, 9.17) is 4.74 Å². The molecule has 1 atom stereocenters. The van der Waals surface area contributed by atoms with Gasteiger partial charge >= 0.3 is 6.03 Å². The van der Waals surface area contributed by atoms with Gasteiger partial charge in [-0.1, -0.05) is 0 Å². The van der Waals surface area contributed by atoms with E-state index in [9.17, 15) is 4.79 Å². The van der Waals surface area contributed by atoms with Crippen molar-refractivity contribution in [2.24, 2.45) is 0 Å². The van der Waals surface area contributed by atoms with Crippen LogP contribution >= 0.6 is 11.3 Å². The molecule has 134 valence electrons. The van der Waals surface area contributed by atoms with Crippen LogP contribution in [0.4, 0.5) is 4.79 Å². The molecule has 0 bridgehead atoms. The molecule has 6 nitrogen and oxygen atoms in total. The molecule has 2 saturated heterocycles. The molecular formula is C17H28N4O2S. The maximum Gasteiger partial charge on any atom is 0.318 e. The molecule has 1 aromatic heterocycles. The molecule has 24 heavy (non-hydrogen) atoms. The lowest BCUT2D eigenvalue weighted by Crippen LogP contribution is -2.57. The summed E-state index contributed by atoms with van der Waals surface area (Å²) in [5.74, 6) is 0. The molecule has 2 aliphatic heterocycles. The number of nitrogens with one attached hydrogen (secondary N) is 1. The van der Waals surface area contributed by atoms with E-state index in [1.807, 2.05) is 16.5 Å². The lowest BCUT2D eigenvalue weighted by Gasteiger charge is -2.42. The number of piperidine rings is 1. The molecule has 0 aromatic carbocycles. The maximum absolute atomic E-state index is 12.8. The molecule has 1 aromatic rings. The summed E-state index contributed by atoms with van der Waals surface area (Å²) in [4.78, 5) is 21.6. The molecule has 2 aliphatic rings. The normalized spacial score (nSPS) is 23.2. The number of carbonyl (C=O) groups excluding carboxylic acids is 1. The number of rotatable bonds is 4. The van der Waals surface area contributed by atoms with Crippen LogP contribution < -0.4 is 5.32 Å². The van der Waals surface area contributed by atoms with E-state index < -0.39 is 0 Å². The van der Waals surface area contributed by atoms with Crippen molar-refractivity contribution in [1.29, 1.82) is 0 Å². The molecule has 2 fully saturated rings. The predicted octanol–water partition coefficient (Wildman–Crippen LogP) is 2.49. The number of aromatic nitrogens is 1. The molecule has 3 heterocycles. The molecule has 0 saturated carbocycles. The highest BCUT2D eigenvalue weighted by Crippen LogP contribution is 2.32. The van der Waals surface area contributed by atoms with Crippen LogP contribution in [0.15, 0.2) is 11.6 Å². The summed E-state index contributed by atoms with van der Waals surface area (Å²) in [6, 6.07) is 0.168. The number of hydrogen-bond acceptors (Lipinski definition) is 5. The van der Waals surface area contributed by atoms with Crippen molar-refractivity contribution >= 4 is 17.4 Å². The number of thiazole rings is 1. The molecule has 1 N–H and O–H groups in total. The third-order valence-electron chi connectivity index (χ3n) is 5.04. The van der Waals surface area contributed by atoms with Crippen LogP contribution in [-0.4, -0.2) is 65.7 Å². The quantitative estimate of drug-likeness (QED) is 0.904. The van der Waals surface area contributed by atoms with E-state index in [2.05, 4.69) is 29.0 Å². The highest BCUT2D eigenvalue weighted by atomic mass is 32.1. The van der Waals surface area contributed by atoms with Gasteiger partial charge in [0.1, 0.15) is 5.01 Å². The van der Waals surface area contributed by atoms with Gasteiger partial charge in [-0.15, -0.1) is 11.3 Å². The molecule has 0 spiro atoms. The Kier molecular flexibility index (Phi) is 5.73. The van der Waals surface area contributed by atoms with Crippen LogP contribution in [0.1, 0.15) is 44.2 Å². The Morgan fingerprint density at radius 1 is 1.38 bits per heavy atom. The number of nitrogens with zero attached hydrogens (tertiary/aromatic N) is 3. The maximum atomic E-state index is 12.8. The van der Waals surface area contributed by atoms with E-state index in [1.54, 1.807) is 11.3 Å². The fourth-order valence-electron chi connectivity index (χ4n) is 3.50. The lowest BCUT2D eigenvalue weighted by atomic mass is 10.0. The Morgan fingerprint density at radius 3 is 2.88 bits per heavy atom. The summed E-state index contributed by atoms with van der Waals surface area (Å²) >= 11 is 1.64. The van der Waals surface area contributed by atoms with E-state index >= 15 is 0 Å². The fraction of sp³-hybridized carbons (Fsp3) is 0.765. The second kappa shape index (κ2) is 7.80. The summed E-state index contributed by atoms with van der Waals surface area (Å²) in [5, 5.41) is 6.20. The van der Waals surface area contributed by atoms with Gasteiger partial charge in [0, 0.05) is 43.3 Å². The number of carbonyl (C=O) groups is 1. The Bertz CT molecular complexity index is 529. The number of urea groups is 1. The Balaban J connectivity index is 1.58. The van der Waals surface area contributed by atoms with Crippen molar-refractivity contribution in [2.45, 2.75) is 44.7 Å². The highest BCUT2D eigenvalue weighted by Gasteiger charge is 2.32. The van der Waals surface area contributed by atoms with Gasteiger partial charge in [-0.25, -0.2) is 9.78 Å². The molecular weight excluding hydrogens is 324 g/mol. The Labute approximate surface area is 148 Å². The van der Waals surface area contributed by atoms with Crippen molar-refractivity contribution in [1.82, 2.24) is 20.1 Å². The molecule has 3 rings (SSSR count). The van der Waals surface area contributed by atoms with Gasteiger partial charge in [0.15, 0.2) is 0 Å². The second-order valence-corrected chi connectivity index (χ2v) is 8.07. The first kappa shape index (κ1) is 17.6. The van der Waals surface area contributed by atoms with Crippen LogP contribution in [-0.2, 0) is 4.74 Å². The van der Waals surface area contributed by atoms with Gasteiger partial charge in [-0.3, -0.25) is 4.90 Å². The number of amides is 2. The zero-order chi connectivity index (χ0) is 17.0. The van der Waals surface area contributed by atoms with Crippen molar-refractivity contribution in [2.75, 3.05) is 39.4 Å². The standard InChI is InChI=1S/C17H28N4O2S/c1-17(2,20-8-10-23-11-9-20)13-19-16(22)21-7-4-3-5-14(21)15-18-6-12-24-15/h6,12,14H,3-5,7-11,13H2,1-2H3,(H,19,22). The summed E-state index contributed by atoms with van der Waals surface area (Å²) in [6.07, 6.45) is 5.06. The van der Waals surface area contributed by atoms with E-state index in [0.29, 0.717) is 6.54 Å². The van der Waals surface area contributed by atoms with Gasteiger partial charge in [-0.2, -0.15) is 0 Å². The van der Waals surface area contributed by atoms with E-state index in [1.165, 1.54) is 0 Å². The topological polar surface area (TPSA) is 57.7 Å². The fourth-order valence-corrected chi connectivity index (χ4v) is 4.29. The van der Waals surface area contributed by atoms with Crippen LogP contribution in [0.3, 0.4) is 0 Å². The summed E-state index contributed by atoms with van der Waals surface area (Å²) in [5.41, 5.74) is -0.0636. The summed E-state index contributed by atoms with van der Waals surface area (Å²) in [6.45, 7) is 9.23. The first-order chi connectivity index (χ1) is 11.6. The molecule has 0 aliphatic carbocycles. The van der Waals surface area contributed by atoms with Crippen molar-refractivity contribution in [3.63, 3.8) is 0 Å². The number of morpholine rings is 1. The van der Waals surface area contributed by atoms with Gasteiger partial charge in [0.05, 0.1) is 19.3 Å². The monoisotopic (exact) mass is 352 g/mol. The molecule has 0 radical (unpaired) electrons. The zero-order valence-corrected chi connectivity index (χ0v) is 15.5. The zero-order valence-electron chi connectivity index (χ0n) is 14.7. The Hall–Kier alpha value is -1.18. The van der Waals surface area contributed by atoms with Crippen molar-refractivity contribution in [3.8, 4) is 0 Å². The SMILES string of the molecule is CC(C)(CNC(=O)N1CCCCC1c1nccs1)N1CCOCC1. The van der Waals surface area contributed by atoms with Crippen molar-refractivity contribution in [3.05, 3.63) is 16.6 Å². The van der Waals surface area contributed by atoms with Crippen LogP contribution in [0.5, 0.6) is 0 Å². The highest BCUT2D eigenvalue weighted by molar-refractivity contribution is 7.09. The third-order valence-corrected chi connectivity index (χ3v) is 5.92.